The third-order valence-electron chi connectivity index (χ3n) is 4.28. The zero-order chi connectivity index (χ0) is 15.5. The number of hydrogen-bond acceptors (Lipinski definition) is 3. The third kappa shape index (κ3) is 4.31. The molecule has 4 heteroatoms. The molecule has 0 bridgehead atoms. The molecule has 1 aromatic rings. The highest BCUT2D eigenvalue weighted by molar-refractivity contribution is 5.95. The highest BCUT2D eigenvalue weighted by Crippen LogP contribution is 2.36. The quantitative estimate of drug-likeness (QED) is 0.644. The molecule has 1 aliphatic carbocycles. The Morgan fingerprint density at radius 2 is 1.76 bits per heavy atom. The number of nitrogen functional groups attached to an aromatic ring is 1. The van der Waals surface area contributed by atoms with Crippen molar-refractivity contribution in [3.63, 3.8) is 0 Å². The molecule has 1 aromatic carbocycles. The molecule has 3 N–H and O–H groups in total. The summed E-state index contributed by atoms with van der Waals surface area (Å²) >= 11 is 0. The van der Waals surface area contributed by atoms with Crippen molar-refractivity contribution in [2.24, 2.45) is 16.4 Å². The Labute approximate surface area is 126 Å². The van der Waals surface area contributed by atoms with E-state index in [1.54, 1.807) is 24.3 Å². The lowest BCUT2D eigenvalue weighted by Crippen LogP contribution is -2.27. The highest BCUT2D eigenvalue weighted by atomic mass is 16.2. The van der Waals surface area contributed by atoms with E-state index in [1.165, 1.54) is 0 Å². The lowest BCUT2D eigenvalue weighted by molar-refractivity contribution is 0.0954. The van der Waals surface area contributed by atoms with Crippen molar-refractivity contribution in [2.45, 2.75) is 46.5 Å². The molecule has 0 spiro atoms. The number of nitrogens with zero attached hydrogens (tertiary/aromatic N) is 1. The molecule has 2 rings (SSSR count). The van der Waals surface area contributed by atoms with Crippen LogP contribution in [0.25, 0.3) is 0 Å². The van der Waals surface area contributed by atoms with Gasteiger partial charge in [-0.1, -0.05) is 20.8 Å². The van der Waals surface area contributed by atoms with Gasteiger partial charge in [0.25, 0.3) is 5.91 Å². The van der Waals surface area contributed by atoms with Crippen LogP contribution in [-0.4, -0.2) is 11.6 Å². The number of nitrogens with two attached hydrogens (primary N) is 1. The Morgan fingerprint density at radius 3 is 2.29 bits per heavy atom. The first-order valence-electron chi connectivity index (χ1n) is 7.57. The SMILES string of the molecule is CC(C)(C)C1CCC(=NNC(=O)c2ccc(N)cc2)CC1. The van der Waals surface area contributed by atoms with Crippen LogP contribution in [0, 0.1) is 11.3 Å². The Morgan fingerprint density at radius 1 is 1.19 bits per heavy atom. The van der Waals surface area contributed by atoms with Crippen molar-refractivity contribution in [3.05, 3.63) is 29.8 Å². The van der Waals surface area contributed by atoms with Gasteiger partial charge in [-0.3, -0.25) is 4.79 Å². The molecular formula is C17H25N3O. The topological polar surface area (TPSA) is 67.5 Å². The van der Waals surface area contributed by atoms with E-state index in [-0.39, 0.29) is 5.91 Å². The van der Waals surface area contributed by atoms with E-state index in [9.17, 15) is 4.79 Å². The molecule has 114 valence electrons. The van der Waals surface area contributed by atoms with E-state index in [0.717, 1.165) is 37.3 Å². The van der Waals surface area contributed by atoms with Gasteiger partial charge in [-0.15, -0.1) is 0 Å². The summed E-state index contributed by atoms with van der Waals surface area (Å²) in [5.74, 6) is 0.560. The molecule has 0 saturated heterocycles. The number of hydrogen-bond donors (Lipinski definition) is 2. The Kier molecular flexibility index (Phi) is 4.66. The van der Waals surface area contributed by atoms with Gasteiger partial charge in [-0.05, 0) is 61.3 Å². The van der Waals surface area contributed by atoms with Crippen molar-refractivity contribution in [2.75, 3.05) is 5.73 Å². The predicted octanol–water partition coefficient (Wildman–Crippen LogP) is 3.59. The number of rotatable bonds is 2. The lowest BCUT2D eigenvalue weighted by atomic mass is 9.72. The van der Waals surface area contributed by atoms with Gasteiger partial charge in [0.2, 0.25) is 0 Å². The van der Waals surface area contributed by atoms with Crippen LogP contribution in [0.5, 0.6) is 0 Å². The largest absolute Gasteiger partial charge is 0.399 e. The van der Waals surface area contributed by atoms with Gasteiger partial charge in [-0.2, -0.15) is 5.10 Å². The fourth-order valence-corrected chi connectivity index (χ4v) is 2.76. The summed E-state index contributed by atoms with van der Waals surface area (Å²) in [6, 6.07) is 6.86. The number of amides is 1. The fourth-order valence-electron chi connectivity index (χ4n) is 2.76. The summed E-state index contributed by atoms with van der Waals surface area (Å²) in [4.78, 5) is 12.0. The van der Waals surface area contributed by atoms with Crippen LogP contribution in [0.4, 0.5) is 5.69 Å². The fraction of sp³-hybridized carbons (Fsp3) is 0.529. The predicted molar refractivity (Wildman–Crippen MR) is 87.2 cm³/mol. The van der Waals surface area contributed by atoms with E-state index in [0.29, 0.717) is 16.7 Å². The molecule has 1 fully saturated rings. The molecular weight excluding hydrogens is 262 g/mol. The van der Waals surface area contributed by atoms with Gasteiger partial charge < -0.3 is 5.73 Å². The number of hydrazone groups is 1. The van der Waals surface area contributed by atoms with Crippen molar-refractivity contribution in [1.82, 2.24) is 5.43 Å². The van der Waals surface area contributed by atoms with Crippen molar-refractivity contribution in [1.29, 1.82) is 0 Å². The summed E-state index contributed by atoms with van der Waals surface area (Å²) in [7, 11) is 0. The lowest BCUT2D eigenvalue weighted by Gasteiger charge is -2.34. The van der Waals surface area contributed by atoms with E-state index in [2.05, 4.69) is 31.3 Å². The van der Waals surface area contributed by atoms with E-state index < -0.39 is 0 Å². The molecule has 0 atom stereocenters. The summed E-state index contributed by atoms with van der Waals surface area (Å²) in [5.41, 5.74) is 10.9. The molecule has 0 aromatic heterocycles. The van der Waals surface area contributed by atoms with Gasteiger partial charge in [0.1, 0.15) is 0 Å². The molecule has 1 amide bonds. The van der Waals surface area contributed by atoms with Crippen molar-refractivity contribution >= 4 is 17.3 Å². The maximum absolute atomic E-state index is 12.0. The number of carbonyl (C=O) groups is 1. The minimum absolute atomic E-state index is 0.180. The van der Waals surface area contributed by atoms with Gasteiger partial charge in [0.05, 0.1) is 0 Å². The average molecular weight is 287 g/mol. The van der Waals surface area contributed by atoms with Crippen LogP contribution in [0.15, 0.2) is 29.4 Å². The van der Waals surface area contributed by atoms with E-state index in [4.69, 9.17) is 5.73 Å². The molecule has 0 aliphatic heterocycles. The highest BCUT2D eigenvalue weighted by Gasteiger charge is 2.28. The molecule has 21 heavy (non-hydrogen) atoms. The van der Waals surface area contributed by atoms with Crippen LogP contribution >= 0.6 is 0 Å². The minimum Gasteiger partial charge on any atom is -0.399 e. The summed E-state index contributed by atoms with van der Waals surface area (Å²) in [6.07, 6.45) is 4.26. The molecule has 1 saturated carbocycles. The molecule has 4 nitrogen and oxygen atoms in total. The second-order valence-corrected chi connectivity index (χ2v) is 6.88. The summed E-state index contributed by atoms with van der Waals surface area (Å²) in [5, 5.41) is 4.28. The first-order valence-corrected chi connectivity index (χ1v) is 7.57. The van der Waals surface area contributed by atoms with Crippen molar-refractivity contribution < 1.29 is 4.79 Å². The second kappa shape index (κ2) is 6.29. The molecule has 0 unspecified atom stereocenters. The summed E-state index contributed by atoms with van der Waals surface area (Å²) in [6.45, 7) is 6.88. The molecule has 0 heterocycles. The van der Waals surface area contributed by atoms with Gasteiger partial charge in [-0.25, -0.2) is 5.43 Å². The third-order valence-corrected chi connectivity index (χ3v) is 4.28. The van der Waals surface area contributed by atoms with Crippen LogP contribution in [0.1, 0.15) is 56.8 Å². The minimum atomic E-state index is -0.180. The number of anilines is 1. The van der Waals surface area contributed by atoms with Crippen molar-refractivity contribution in [3.8, 4) is 0 Å². The van der Waals surface area contributed by atoms with Crippen LogP contribution < -0.4 is 11.2 Å². The smallest absolute Gasteiger partial charge is 0.271 e. The first-order chi connectivity index (χ1) is 9.86. The normalized spacial score (nSPS) is 19.2. The monoisotopic (exact) mass is 287 g/mol. The Bertz CT molecular complexity index is 516. The first kappa shape index (κ1) is 15.5. The van der Waals surface area contributed by atoms with E-state index >= 15 is 0 Å². The second-order valence-electron chi connectivity index (χ2n) is 6.88. The van der Waals surface area contributed by atoms with Crippen LogP contribution in [0.2, 0.25) is 0 Å². The summed E-state index contributed by atoms with van der Waals surface area (Å²) < 4.78 is 0. The number of benzene rings is 1. The standard InChI is InChI=1S/C17H25N3O/c1-17(2,3)13-6-10-15(11-7-13)19-20-16(21)12-4-8-14(18)9-5-12/h4-5,8-9,13H,6-7,10-11,18H2,1-3H3,(H,20,21). The van der Waals surface area contributed by atoms with E-state index in [1.807, 2.05) is 0 Å². The maximum atomic E-state index is 12.0. The Hall–Kier alpha value is -1.84. The van der Waals surface area contributed by atoms with Crippen LogP contribution in [0.3, 0.4) is 0 Å². The zero-order valence-electron chi connectivity index (χ0n) is 13.1. The zero-order valence-corrected chi connectivity index (χ0v) is 13.1. The molecule has 1 aliphatic rings. The number of nitrogens with one attached hydrogen (secondary N) is 1. The van der Waals surface area contributed by atoms with Gasteiger partial charge in [0, 0.05) is 17.0 Å². The van der Waals surface area contributed by atoms with Crippen LogP contribution in [-0.2, 0) is 0 Å². The molecule has 0 radical (unpaired) electrons. The Balaban J connectivity index is 1.88. The van der Waals surface area contributed by atoms with Gasteiger partial charge in [0.15, 0.2) is 0 Å². The number of carbonyl (C=O) groups excluding carboxylic acids is 1. The van der Waals surface area contributed by atoms with Gasteiger partial charge >= 0.3 is 0 Å². The maximum Gasteiger partial charge on any atom is 0.271 e. The average Bonchev–Trinajstić information content (AvgIpc) is 2.45.